The maximum Gasteiger partial charge on any atom is 0.264 e. The van der Waals surface area contributed by atoms with Crippen LogP contribution in [0.4, 0.5) is 8.78 Å². The van der Waals surface area contributed by atoms with Crippen molar-refractivity contribution in [2.75, 3.05) is 6.79 Å². The van der Waals surface area contributed by atoms with Crippen LogP contribution in [0.25, 0.3) is 0 Å². The van der Waals surface area contributed by atoms with Gasteiger partial charge >= 0.3 is 0 Å². The first-order valence-corrected chi connectivity index (χ1v) is 4.30. The number of hydrogen-bond donors (Lipinski definition) is 0. The van der Waals surface area contributed by atoms with E-state index in [2.05, 4.69) is 0 Å². The van der Waals surface area contributed by atoms with E-state index in [1.165, 1.54) is 12.1 Å². The van der Waals surface area contributed by atoms with Crippen LogP contribution in [-0.2, 0) is 6.42 Å². The first kappa shape index (κ1) is 9.71. The maximum atomic E-state index is 12.6. The molecule has 3 nitrogen and oxygen atoms in total. The Hall–Kier alpha value is -1.83. The zero-order valence-corrected chi connectivity index (χ0v) is 7.67. The van der Waals surface area contributed by atoms with Gasteiger partial charge in [-0.15, -0.1) is 0 Å². The zero-order chi connectivity index (χ0) is 10.8. The predicted molar refractivity (Wildman–Crippen MR) is 46.8 cm³/mol. The molecule has 1 aromatic carbocycles. The summed E-state index contributed by atoms with van der Waals surface area (Å²) in [6.07, 6.45) is -2.67. The molecule has 0 radical (unpaired) electrons. The summed E-state index contributed by atoms with van der Waals surface area (Å²) >= 11 is 0. The molecule has 1 aliphatic rings. The predicted octanol–water partition coefficient (Wildman–Crippen LogP) is 2.42. The van der Waals surface area contributed by atoms with Crippen molar-refractivity contribution < 1.29 is 18.3 Å². The van der Waals surface area contributed by atoms with Crippen molar-refractivity contribution in [1.82, 2.24) is 0 Å². The fourth-order valence-electron chi connectivity index (χ4n) is 1.44. The average Bonchev–Trinajstić information content (AvgIpc) is 2.63. The molecule has 0 amide bonds. The number of rotatable bonds is 2. The second-order valence-corrected chi connectivity index (χ2v) is 3.04. The van der Waals surface area contributed by atoms with Gasteiger partial charge in [0.1, 0.15) is 0 Å². The zero-order valence-electron chi connectivity index (χ0n) is 7.67. The van der Waals surface area contributed by atoms with Gasteiger partial charge in [0.25, 0.3) is 6.43 Å². The number of nitrogens with zero attached hydrogens (tertiary/aromatic N) is 1. The lowest BCUT2D eigenvalue weighted by atomic mass is 10.0. The first-order valence-electron chi connectivity index (χ1n) is 4.30. The molecule has 0 bridgehead atoms. The van der Waals surface area contributed by atoms with E-state index >= 15 is 0 Å². The highest BCUT2D eigenvalue weighted by molar-refractivity contribution is 5.49. The van der Waals surface area contributed by atoms with Gasteiger partial charge in [-0.05, 0) is 17.7 Å². The molecule has 5 heteroatoms. The van der Waals surface area contributed by atoms with E-state index in [0.29, 0.717) is 11.5 Å². The number of benzene rings is 1. The first-order chi connectivity index (χ1) is 7.22. The molecule has 0 fully saturated rings. The topological polar surface area (TPSA) is 42.2 Å². The Morgan fingerprint density at radius 2 is 2.00 bits per heavy atom. The van der Waals surface area contributed by atoms with Gasteiger partial charge in [0.05, 0.1) is 12.5 Å². The average molecular weight is 211 g/mol. The molecule has 0 unspecified atom stereocenters. The van der Waals surface area contributed by atoms with Crippen LogP contribution in [0.3, 0.4) is 0 Å². The van der Waals surface area contributed by atoms with E-state index in [0.717, 1.165) is 0 Å². The van der Waals surface area contributed by atoms with Gasteiger partial charge in [0.2, 0.25) is 6.79 Å². The largest absolute Gasteiger partial charge is 0.454 e. The monoisotopic (exact) mass is 211 g/mol. The Morgan fingerprint density at radius 3 is 2.60 bits per heavy atom. The van der Waals surface area contributed by atoms with E-state index in [9.17, 15) is 8.78 Å². The quantitative estimate of drug-likeness (QED) is 0.754. The Balaban J connectivity index is 2.48. The van der Waals surface area contributed by atoms with Crippen molar-refractivity contribution in [3.63, 3.8) is 0 Å². The van der Waals surface area contributed by atoms with E-state index in [4.69, 9.17) is 14.7 Å². The van der Waals surface area contributed by atoms with E-state index in [1.54, 1.807) is 0 Å². The Kier molecular flexibility index (Phi) is 2.42. The molecule has 1 heterocycles. The summed E-state index contributed by atoms with van der Waals surface area (Å²) < 4.78 is 35.3. The Bertz CT molecular complexity index is 426. The van der Waals surface area contributed by atoms with Crippen LogP contribution in [-0.4, -0.2) is 6.79 Å². The summed E-state index contributed by atoms with van der Waals surface area (Å²) in [7, 11) is 0. The van der Waals surface area contributed by atoms with Crippen LogP contribution in [0, 0.1) is 11.3 Å². The standard InChI is InChI=1S/C10H7F2NO2/c11-10(12)7-4-9-8(14-5-15-9)3-6(7)1-2-13/h3-4,10H,1,5H2. The molecule has 0 atom stereocenters. The smallest absolute Gasteiger partial charge is 0.264 e. The summed E-state index contributed by atoms with van der Waals surface area (Å²) in [4.78, 5) is 0. The molecule has 78 valence electrons. The van der Waals surface area contributed by atoms with Crippen molar-refractivity contribution >= 4 is 0 Å². The lowest BCUT2D eigenvalue weighted by Crippen LogP contribution is -1.94. The van der Waals surface area contributed by atoms with E-state index in [-0.39, 0.29) is 24.3 Å². The third-order valence-electron chi connectivity index (χ3n) is 2.14. The number of hydrogen-bond acceptors (Lipinski definition) is 3. The highest BCUT2D eigenvalue weighted by Crippen LogP contribution is 2.38. The van der Waals surface area contributed by atoms with Crippen molar-refractivity contribution in [2.45, 2.75) is 12.8 Å². The number of ether oxygens (including phenoxy) is 2. The molecule has 0 N–H and O–H groups in total. The molecule has 0 aliphatic carbocycles. The SMILES string of the molecule is N#CCc1cc2c(cc1C(F)F)OCO2. The minimum absolute atomic E-state index is 0.0357. The van der Waals surface area contributed by atoms with Gasteiger partial charge < -0.3 is 9.47 Å². The molecule has 0 saturated carbocycles. The number of fused-ring (bicyclic) bond motifs is 1. The van der Waals surface area contributed by atoms with E-state index < -0.39 is 6.43 Å². The van der Waals surface area contributed by atoms with Crippen LogP contribution < -0.4 is 9.47 Å². The van der Waals surface area contributed by atoms with Crippen LogP contribution in [0.15, 0.2) is 12.1 Å². The Morgan fingerprint density at radius 1 is 1.33 bits per heavy atom. The van der Waals surface area contributed by atoms with Crippen molar-refractivity contribution in [3.05, 3.63) is 23.3 Å². The molecular formula is C10H7F2NO2. The number of alkyl halides is 2. The molecule has 0 aromatic heterocycles. The fourth-order valence-corrected chi connectivity index (χ4v) is 1.44. The highest BCUT2D eigenvalue weighted by Gasteiger charge is 2.21. The molecule has 0 saturated heterocycles. The normalized spacial score (nSPS) is 12.9. The summed E-state index contributed by atoms with van der Waals surface area (Å²) in [6, 6.07) is 4.51. The second-order valence-electron chi connectivity index (χ2n) is 3.04. The van der Waals surface area contributed by atoms with Gasteiger partial charge in [-0.2, -0.15) is 5.26 Å². The lowest BCUT2D eigenvalue weighted by molar-refractivity contribution is 0.149. The van der Waals surface area contributed by atoms with Crippen molar-refractivity contribution in [3.8, 4) is 17.6 Å². The molecule has 0 spiro atoms. The van der Waals surface area contributed by atoms with Crippen LogP contribution in [0.2, 0.25) is 0 Å². The van der Waals surface area contributed by atoms with Crippen molar-refractivity contribution in [1.29, 1.82) is 5.26 Å². The van der Waals surface area contributed by atoms with Crippen LogP contribution >= 0.6 is 0 Å². The van der Waals surface area contributed by atoms with Gasteiger partial charge in [-0.3, -0.25) is 0 Å². The molecule has 1 aromatic rings. The minimum Gasteiger partial charge on any atom is -0.454 e. The summed E-state index contributed by atoms with van der Waals surface area (Å²) in [5.74, 6) is 0.733. The fraction of sp³-hybridized carbons (Fsp3) is 0.300. The van der Waals surface area contributed by atoms with Gasteiger partial charge in [0, 0.05) is 5.56 Å². The lowest BCUT2D eigenvalue weighted by Gasteiger charge is -2.07. The maximum absolute atomic E-state index is 12.6. The van der Waals surface area contributed by atoms with E-state index in [1.807, 2.05) is 6.07 Å². The summed E-state index contributed by atoms with van der Waals surface area (Å²) in [5, 5.41) is 8.51. The Labute approximate surface area is 84.8 Å². The molecule has 15 heavy (non-hydrogen) atoms. The van der Waals surface area contributed by atoms with Gasteiger partial charge in [-0.25, -0.2) is 8.78 Å². The molecular weight excluding hydrogens is 204 g/mol. The summed E-state index contributed by atoms with van der Waals surface area (Å²) in [6.45, 7) is 0.0357. The molecule has 2 rings (SSSR count). The third kappa shape index (κ3) is 1.71. The minimum atomic E-state index is -2.61. The van der Waals surface area contributed by atoms with Gasteiger partial charge in [-0.1, -0.05) is 0 Å². The van der Waals surface area contributed by atoms with Crippen LogP contribution in [0.1, 0.15) is 17.6 Å². The van der Waals surface area contributed by atoms with Crippen LogP contribution in [0.5, 0.6) is 11.5 Å². The molecule has 1 aliphatic heterocycles. The third-order valence-corrected chi connectivity index (χ3v) is 2.14. The number of halogens is 2. The van der Waals surface area contributed by atoms with Gasteiger partial charge in [0.15, 0.2) is 11.5 Å². The highest BCUT2D eigenvalue weighted by atomic mass is 19.3. The summed E-state index contributed by atoms with van der Waals surface area (Å²) in [5.41, 5.74) is 0.123. The second kappa shape index (κ2) is 3.73. The van der Waals surface area contributed by atoms with Crippen molar-refractivity contribution in [2.24, 2.45) is 0 Å². The number of nitriles is 1.